The molecule has 1 heterocycles. The van der Waals surface area contributed by atoms with E-state index in [9.17, 15) is 0 Å². The number of aromatic nitrogens is 2. The van der Waals surface area contributed by atoms with Gasteiger partial charge in [0.2, 0.25) is 0 Å². The Bertz CT molecular complexity index is 601. The number of halogens is 2. The first kappa shape index (κ1) is 11.9. The average Bonchev–Trinajstić information content (AvgIpc) is 2.53. The van der Waals surface area contributed by atoms with Crippen molar-refractivity contribution < 1.29 is 0 Å². The second kappa shape index (κ2) is 4.35. The molecule has 1 aromatic heterocycles. The zero-order chi connectivity index (χ0) is 11.9. The number of aryl methyl sites for hydroxylation is 2. The van der Waals surface area contributed by atoms with Gasteiger partial charge < -0.3 is 4.98 Å². The predicted octanol–water partition coefficient (Wildman–Crippen LogP) is 4.57. The van der Waals surface area contributed by atoms with E-state index >= 15 is 0 Å². The molecule has 0 aliphatic rings. The molecule has 0 spiro atoms. The van der Waals surface area contributed by atoms with Gasteiger partial charge in [0.05, 0.1) is 5.69 Å². The molecule has 0 radical (unpaired) electrons. The largest absolute Gasteiger partial charge is 0.337 e. The van der Waals surface area contributed by atoms with E-state index in [-0.39, 0.29) is 0 Å². The van der Waals surface area contributed by atoms with Crippen LogP contribution in [0, 0.1) is 18.6 Å². The fourth-order valence-corrected chi connectivity index (χ4v) is 2.66. The Labute approximate surface area is 112 Å². The van der Waals surface area contributed by atoms with Gasteiger partial charge in [-0.3, -0.25) is 4.57 Å². The summed E-state index contributed by atoms with van der Waals surface area (Å²) in [5.41, 5.74) is 3.04. The topological polar surface area (TPSA) is 20.7 Å². The van der Waals surface area contributed by atoms with Crippen LogP contribution in [-0.4, -0.2) is 9.55 Å². The molecule has 1 N–H and O–H groups in total. The van der Waals surface area contributed by atoms with Crippen LogP contribution in [0.1, 0.15) is 11.3 Å². The summed E-state index contributed by atoms with van der Waals surface area (Å²) in [5.74, 6) is 0. The number of nitrogens with one attached hydrogen (secondary N) is 1. The van der Waals surface area contributed by atoms with Crippen molar-refractivity contribution in [3.8, 4) is 5.69 Å². The lowest BCUT2D eigenvalue weighted by Gasteiger charge is -2.10. The van der Waals surface area contributed by atoms with Crippen molar-refractivity contribution in [3.63, 3.8) is 0 Å². The number of rotatable bonds is 1. The van der Waals surface area contributed by atoms with E-state index in [0.29, 0.717) is 4.77 Å². The maximum Gasteiger partial charge on any atom is 0.182 e. The standard InChI is InChI=1S/C11H10BrClN2S/c1-6-3-8(12)10(4-9(6)13)15-7(2)5-14-11(15)16/h3-5H,1-2H3,(H,14,16). The Morgan fingerprint density at radius 1 is 1.38 bits per heavy atom. The molecule has 0 saturated heterocycles. The smallest absolute Gasteiger partial charge is 0.182 e. The van der Waals surface area contributed by atoms with E-state index in [1.165, 1.54) is 0 Å². The lowest BCUT2D eigenvalue weighted by molar-refractivity contribution is 0.978. The molecule has 0 saturated carbocycles. The van der Waals surface area contributed by atoms with E-state index in [1.807, 2.05) is 36.7 Å². The van der Waals surface area contributed by atoms with Gasteiger partial charge in [-0.1, -0.05) is 11.6 Å². The van der Waals surface area contributed by atoms with Gasteiger partial charge in [-0.25, -0.2) is 0 Å². The van der Waals surface area contributed by atoms with Gasteiger partial charge >= 0.3 is 0 Å². The SMILES string of the molecule is Cc1cc(Br)c(-n2c(C)c[nH]c2=S)cc1Cl. The van der Waals surface area contributed by atoms with Crippen molar-refractivity contribution in [1.29, 1.82) is 0 Å². The van der Waals surface area contributed by atoms with Crippen molar-refractivity contribution in [3.05, 3.63) is 43.9 Å². The van der Waals surface area contributed by atoms with Crippen molar-refractivity contribution in [2.24, 2.45) is 0 Å². The van der Waals surface area contributed by atoms with Crippen LogP contribution < -0.4 is 0 Å². The average molecular weight is 318 g/mol. The Morgan fingerprint density at radius 3 is 2.62 bits per heavy atom. The van der Waals surface area contributed by atoms with Gasteiger partial charge in [0.1, 0.15) is 0 Å². The normalized spacial score (nSPS) is 10.8. The second-order valence-electron chi connectivity index (χ2n) is 3.62. The summed E-state index contributed by atoms with van der Waals surface area (Å²) >= 11 is 14.9. The highest BCUT2D eigenvalue weighted by Crippen LogP contribution is 2.28. The highest BCUT2D eigenvalue weighted by molar-refractivity contribution is 9.10. The van der Waals surface area contributed by atoms with Crippen LogP contribution in [0.4, 0.5) is 0 Å². The molecule has 2 aromatic rings. The molecule has 0 aliphatic heterocycles. The van der Waals surface area contributed by atoms with Crippen molar-refractivity contribution in [2.75, 3.05) is 0 Å². The molecule has 2 rings (SSSR count). The monoisotopic (exact) mass is 316 g/mol. The molecular weight excluding hydrogens is 308 g/mol. The van der Waals surface area contributed by atoms with Crippen molar-refractivity contribution in [2.45, 2.75) is 13.8 Å². The maximum atomic E-state index is 6.13. The van der Waals surface area contributed by atoms with Crippen molar-refractivity contribution in [1.82, 2.24) is 9.55 Å². The van der Waals surface area contributed by atoms with Gasteiger partial charge in [-0.15, -0.1) is 0 Å². The number of imidazole rings is 1. The molecule has 0 bridgehead atoms. The number of nitrogens with zero attached hydrogens (tertiary/aromatic N) is 1. The third-order valence-electron chi connectivity index (χ3n) is 2.43. The fourth-order valence-electron chi connectivity index (χ4n) is 1.56. The third kappa shape index (κ3) is 1.97. The molecule has 0 fully saturated rings. The zero-order valence-electron chi connectivity index (χ0n) is 8.84. The summed E-state index contributed by atoms with van der Waals surface area (Å²) in [6.07, 6.45) is 1.88. The minimum absolute atomic E-state index is 0.665. The van der Waals surface area contributed by atoms with E-state index in [4.69, 9.17) is 23.8 Å². The number of hydrogen-bond donors (Lipinski definition) is 1. The van der Waals surface area contributed by atoms with E-state index < -0.39 is 0 Å². The van der Waals surface area contributed by atoms with E-state index in [1.54, 1.807) is 0 Å². The maximum absolute atomic E-state index is 6.13. The van der Waals surface area contributed by atoms with Gasteiger partial charge in [-0.05, 0) is 59.7 Å². The second-order valence-corrected chi connectivity index (χ2v) is 5.27. The molecule has 0 aliphatic carbocycles. The Morgan fingerprint density at radius 2 is 2.06 bits per heavy atom. The third-order valence-corrected chi connectivity index (χ3v) is 3.77. The quantitative estimate of drug-likeness (QED) is 0.764. The van der Waals surface area contributed by atoms with Crippen molar-refractivity contribution >= 4 is 39.7 Å². The summed E-state index contributed by atoms with van der Waals surface area (Å²) in [7, 11) is 0. The fraction of sp³-hybridized carbons (Fsp3) is 0.182. The van der Waals surface area contributed by atoms with Crippen LogP contribution >= 0.6 is 39.7 Å². The summed E-state index contributed by atoms with van der Waals surface area (Å²) in [6.45, 7) is 3.96. The minimum Gasteiger partial charge on any atom is -0.337 e. The predicted molar refractivity (Wildman–Crippen MR) is 73.1 cm³/mol. The van der Waals surface area contributed by atoms with Crippen LogP contribution in [0.25, 0.3) is 5.69 Å². The molecule has 1 aromatic carbocycles. The first-order valence-electron chi connectivity index (χ1n) is 4.73. The minimum atomic E-state index is 0.665. The Kier molecular flexibility index (Phi) is 3.24. The molecule has 16 heavy (non-hydrogen) atoms. The number of benzene rings is 1. The number of aromatic amines is 1. The summed E-state index contributed by atoms with van der Waals surface area (Å²) in [5, 5.41) is 0.737. The lowest BCUT2D eigenvalue weighted by atomic mass is 10.2. The van der Waals surface area contributed by atoms with Gasteiger partial charge in [0.25, 0.3) is 0 Å². The molecule has 0 amide bonds. The molecular formula is C11H10BrClN2S. The van der Waals surface area contributed by atoms with Crippen LogP contribution in [-0.2, 0) is 0 Å². The van der Waals surface area contributed by atoms with Gasteiger partial charge in [0, 0.05) is 21.4 Å². The Balaban J connectivity index is 2.74. The lowest BCUT2D eigenvalue weighted by Crippen LogP contribution is -1.98. The highest BCUT2D eigenvalue weighted by Gasteiger charge is 2.09. The summed E-state index contributed by atoms with van der Waals surface area (Å²) < 4.78 is 3.59. The van der Waals surface area contributed by atoms with E-state index in [0.717, 1.165) is 26.4 Å². The first-order valence-corrected chi connectivity index (χ1v) is 6.31. The number of hydrogen-bond acceptors (Lipinski definition) is 1. The highest BCUT2D eigenvalue weighted by atomic mass is 79.9. The summed E-state index contributed by atoms with van der Waals surface area (Å²) in [4.78, 5) is 3.01. The molecule has 0 atom stereocenters. The van der Waals surface area contributed by atoms with Crippen LogP contribution in [0.3, 0.4) is 0 Å². The number of H-pyrrole nitrogens is 1. The van der Waals surface area contributed by atoms with Crippen LogP contribution in [0.2, 0.25) is 5.02 Å². The van der Waals surface area contributed by atoms with Crippen LogP contribution in [0.15, 0.2) is 22.8 Å². The van der Waals surface area contributed by atoms with E-state index in [2.05, 4.69) is 20.9 Å². The molecule has 2 nitrogen and oxygen atoms in total. The van der Waals surface area contributed by atoms with Gasteiger partial charge in [0.15, 0.2) is 4.77 Å². The first-order chi connectivity index (χ1) is 7.50. The Hall–Kier alpha value is -0.580. The van der Waals surface area contributed by atoms with Crippen LogP contribution in [0.5, 0.6) is 0 Å². The van der Waals surface area contributed by atoms with Gasteiger partial charge in [-0.2, -0.15) is 0 Å². The molecule has 0 unspecified atom stereocenters. The molecule has 84 valence electrons. The summed E-state index contributed by atoms with van der Waals surface area (Å²) in [6, 6.07) is 3.91. The molecule has 5 heteroatoms. The zero-order valence-corrected chi connectivity index (χ0v) is 12.0.